The fourth-order valence-corrected chi connectivity index (χ4v) is 3.54. The Kier molecular flexibility index (Phi) is 3.31. The van der Waals surface area contributed by atoms with Gasteiger partial charge in [0, 0.05) is 12.1 Å². The molecular formula is C15H11F2N5OS. The number of H-pyrrole nitrogens is 1. The molecule has 0 fully saturated rings. The van der Waals surface area contributed by atoms with Crippen molar-refractivity contribution in [2.24, 2.45) is 0 Å². The minimum Gasteiger partial charge on any atom is -0.375 e. The Balaban J connectivity index is 1.76. The van der Waals surface area contributed by atoms with Crippen LogP contribution in [0.1, 0.15) is 16.9 Å². The molecule has 122 valence electrons. The lowest BCUT2D eigenvalue weighted by molar-refractivity contribution is 0.0963. The number of hydrogen-bond donors (Lipinski definition) is 3. The summed E-state index contributed by atoms with van der Waals surface area (Å²) in [6.45, 7) is 0. The minimum atomic E-state index is -1.46. The molecule has 3 aromatic rings. The number of halogens is 2. The zero-order valence-corrected chi connectivity index (χ0v) is 13.0. The molecule has 6 nitrogen and oxygen atoms in total. The van der Waals surface area contributed by atoms with Gasteiger partial charge in [-0.1, -0.05) is 11.3 Å². The lowest BCUT2D eigenvalue weighted by Crippen LogP contribution is -2.24. The lowest BCUT2D eigenvalue weighted by Gasteiger charge is -2.12. The smallest absolute Gasteiger partial charge is 0.276 e. The second-order valence-corrected chi connectivity index (χ2v) is 6.38. The molecule has 0 aliphatic heterocycles. The van der Waals surface area contributed by atoms with E-state index in [1.807, 2.05) is 0 Å². The zero-order valence-electron chi connectivity index (χ0n) is 12.1. The Morgan fingerprint density at radius 1 is 1.46 bits per heavy atom. The molecule has 1 aliphatic rings. The summed E-state index contributed by atoms with van der Waals surface area (Å²) in [5.41, 5.74) is 7.24. The number of aromatic nitrogens is 3. The van der Waals surface area contributed by atoms with Crippen LogP contribution >= 0.6 is 11.3 Å². The van der Waals surface area contributed by atoms with E-state index in [1.54, 1.807) is 12.1 Å². The maximum absolute atomic E-state index is 13.4. The van der Waals surface area contributed by atoms with Crippen LogP contribution in [-0.4, -0.2) is 27.3 Å². The van der Waals surface area contributed by atoms with Crippen LogP contribution in [0.2, 0.25) is 0 Å². The van der Waals surface area contributed by atoms with Crippen LogP contribution < -0.4 is 11.1 Å². The number of fused-ring (bicyclic) bond motifs is 3. The highest BCUT2D eigenvalue weighted by molar-refractivity contribution is 7.23. The fourth-order valence-electron chi connectivity index (χ4n) is 2.66. The Morgan fingerprint density at radius 2 is 2.29 bits per heavy atom. The van der Waals surface area contributed by atoms with Crippen molar-refractivity contribution in [3.63, 3.8) is 0 Å². The first-order valence-electron chi connectivity index (χ1n) is 7.07. The van der Waals surface area contributed by atoms with Crippen molar-refractivity contribution in [1.29, 1.82) is 0 Å². The number of amides is 1. The molecular weight excluding hydrogens is 336 g/mol. The number of nitrogen functional groups attached to an aromatic ring is 1. The third-order valence-electron chi connectivity index (χ3n) is 3.63. The quantitative estimate of drug-likeness (QED) is 0.664. The minimum absolute atomic E-state index is 0.0726. The normalized spacial score (nSPS) is 17.8. The molecule has 0 bridgehead atoms. The van der Waals surface area contributed by atoms with Crippen LogP contribution in [0.15, 0.2) is 35.8 Å². The number of carbonyl (C=O) groups is 1. The lowest BCUT2D eigenvalue weighted by atomic mass is 10.1. The predicted octanol–water partition coefficient (Wildman–Crippen LogP) is 2.96. The van der Waals surface area contributed by atoms with Gasteiger partial charge in [-0.25, -0.2) is 13.8 Å². The summed E-state index contributed by atoms with van der Waals surface area (Å²) in [6, 6.07) is 3.53. The van der Waals surface area contributed by atoms with Gasteiger partial charge < -0.3 is 11.1 Å². The van der Waals surface area contributed by atoms with E-state index < -0.39 is 17.9 Å². The summed E-state index contributed by atoms with van der Waals surface area (Å²) >= 11 is 1.24. The largest absolute Gasteiger partial charge is 0.375 e. The molecule has 2 aromatic heterocycles. The number of nitrogens with two attached hydrogens (primary N) is 1. The van der Waals surface area contributed by atoms with Gasteiger partial charge in [0.1, 0.15) is 12.0 Å². The van der Waals surface area contributed by atoms with Crippen LogP contribution in [0.25, 0.3) is 21.1 Å². The Bertz CT molecular complexity index is 1040. The van der Waals surface area contributed by atoms with Gasteiger partial charge in [-0.15, -0.1) is 0 Å². The van der Waals surface area contributed by atoms with Gasteiger partial charge in [0.2, 0.25) is 0 Å². The average molecular weight is 347 g/mol. The number of rotatable bonds is 2. The number of alkyl halides is 1. The number of thiazole rings is 1. The molecule has 0 radical (unpaired) electrons. The summed E-state index contributed by atoms with van der Waals surface area (Å²) in [5.74, 6) is -1.19. The third kappa shape index (κ3) is 2.42. The van der Waals surface area contributed by atoms with Crippen molar-refractivity contribution in [3.05, 3.63) is 41.5 Å². The molecule has 0 saturated carbocycles. The average Bonchev–Trinajstić information content (AvgIpc) is 3.07. The molecule has 1 aromatic carbocycles. The van der Waals surface area contributed by atoms with Crippen LogP contribution in [0.3, 0.4) is 0 Å². The van der Waals surface area contributed by atoms with Gasteiger partial charge in [0.25, 0.3) is 5.91 Å². The van der Waals surface area contributed by atoms with Crippen molar-refractivity contribution in [2.45, 2.75) is 12.6 Å². The van der Waals surface area contributed by atoms with Gasteiger partial charge in [-0.2, -0.15) is 5.10 Å². The van der Waals surface area contributed by atoms with E-state index in [-0.39, 0.29) is 17.8 Å². The first kappa shape index (κ1) is 14.8. The summed E-state index contributed by atoms with van der Waals surface area (Å²) in [4.78, 5) is 16.7. The molecule has 4 N–H and O–H groups in total. The van der Waals surface area contributed by atoms with Crippen molar-refractivity contribution in [3.8, 4) is 0 Å². The topological polar surface area (TPSA) is 96.7 Å². The van der Waals surface area contributed by atoms with Gasteiger partial charge in [-0.05, 0) is 24.3 Å². The summed E-state index contributed by atoms with van der Waals surface area (Å²) in [6.07, 6.45) is 0.485. The summed E-state index contributed by atoms with van der Waals surface area (Å²) in [7, 11) is 0. The maximum atomic E-state index is 13.4. The van der Waals surface area contributed by atoms with Crippen LogP contribution in [-0.2, 0) is 0 Å². The van der Waals surface area contributed by atoms with Crippen molar-refractivity contribution in [1.82, 2.24) is 20.5 Å². The molecule has 1 atom stereocenters. The number of aromatic amines is 1. The van der Waals surface area contributed by atoms with Gasteiger partial charge >= 0.3 is 0 Å². The van der Waals surface area contributed by atoms with Crippen LogP contribution in [0, 0.1) is 0 Å². The molecule has 4 rings (SSSR count). The van der Waals surface area contributed by atoms with Crippen LogP contribution in [0.4, 0.5) is 13.9 Å². The molecule has 0 spiro atoms. The van der Waals surface area contributed by atoms with Crippen LogP contribution in [0.5, 0.6) is 0 Å². The van der Waals surface area contributed by atoms with Gasteiger partial charge in [0.15, 0.2) is 10.8 Å². The van der Waals surface area contributed by atoms with Gasteiger partial charge in [-0.3, -0.25) is 9.89 Å². The van der Waals surface area contributed by atoms with E-state index >= 15 is 0 Å². The number of benzene rings is 1. The van der Waals surface area contributed by atoms with E-state index in [9.17, 15) is 13.6 Å². The van der Waals surface area contributed by atoms with Crippen molar-refractivity contribution < 1.29 is 13.6 Å². The zero-order chi connectivity index (χ0) is 16.8. The van der Waals surface area contributed by atoms with E-state index in [0.29, 0.717) is 21.6 Å². The monoisotopic (exact) mass is 347 g/mol. The third-order valence-corrected chi connectivity index (χ3v) is 4.55. The first-order valence-corrected chi connectivity index (χ1v) is 7.89. The SMILES string of the molecule is Nc1nc2ccc3[nH]nc(C(=O)NC4=CC(F)CC(F)=C4)c3c2s1. The number of nitrogens with one attached hydrogen (secondary N) is 2. The predicted molar refractivity (Wildman–Crippen MR) is 87.9 cm³/mol. The van der Waals surface area contributed by atoms with Gasteiger partial charge in [0.05, 0.1) is 21.1 Å². The molecule has 1 aliphatic carbocycles. The molecule has 1 unspecified atom stereocenters. The standard InChI is InChI=1S/C15H11F2N5OS/c16-6-3-7(17)5-8(4-6)19-14(23)12-11-9(21-22-12)1-2-10-13(11)24-15(18)20-10/h1-2,4-6H,3H2,(H2,18,20)(H,19,23)(H,21,22). The van der Waals surface area contributed by atoms with E-state index in [4.69, 9.17) is 5.73 Å². The second-order valence-electron chi connectivity index (χ2n) is 5.35. The van der Waals surface area contributed by atoms with E-state index in [2.05, 4.69) is 20.5 Å². The highest BCUT2D eigenvalue weighted by Crippen LogP contribution is 2.32. The highest BCUT2D eigenvalue weighted by atomic mass is 32.1. The number of anilines is 1. The molecule has 1 amide bonds. The van der Waals surface area contributed by atoms with Crippen molar-refractivity contribution >= 4 is 43.5 Å². The first-order chi connectivity index (χ1) is 11.5. The fraction of sp³-hybridized carbons (Fsp3) is 0.133. The Hall–Kier alpha value is -2.81. The van der Waals surface area contributed by atoms with E-state index in [0.717, 1.165) is 16.9 Å². The maximum Gasteiger partial charge on any atom is 0.276 e. The molecule has 9 heteroatoms. The Morgan fingerprint density at radius 3 is 3.08 bits per heavy atom. The molecule has 2 heterocycles. The molecule has 0 saturated heterocycles. The Labute approximate surface area is 138 Å². The number of allylic oxidation sites excluding steroid dienone is 3. The summed E-state index contributed by atoms with van der Waals surface area (Å²) < 4.78 is 27.4. The number of nitrogens with zero attached hydrogens (tertiary/aromatic N) is 2. The number of carbonyl (C=O) groups excluding carboxylic acids is 1. The summed E-state index contributed by atoms with van der Waals surface area (Å²) in [5, 5.41) is 10.2. The number of hydrogen-bond acceptors (Lipinski definition) is 5. The molecule has 24 heavy (non-hydrogen) atoms. The highest BCUT2D eigenvalue weighted by Gasteiger charge is 2.21. The van der Waals surface area contributed by atoms with Crippen molar-refractivity contribution in [2.75, 3.05) is 5.73 Å². The second kappa shape index (κ2) is 5.38. The van der Waals surface area contributed by atoms with E-state index in [1.165, 1.54) is 11.3 Å².